The van der Waals surface area contributed by atoms with Crippen molar-refractivity contribution in [3.05, 3.63) is 53.3 Å². The number of nitrogens with one attached hydrogen (secondary N) is 1. The second-order valence-electron chi connectivity index (χ2n) is 6.29. The highest BCUT2D eigenvalue weighted by molar-refractivity contribution is 5.76. The van der Waals surface area contributed by atoms with Crippen LogP contribution < -0.4 is 14.8 Å². The molecule has 0 fully saturated rings. The van der Waals surface area contributed by atoms with Crippen LogP contribution in [0.15, 0.2) is 36.5 Å². The summed E-state index contributed by atoms with van der Waals surface area (Å²) < 4.78 is 10.7. The van der Waals surface area contributed by atoms with Gasteiger partial charge in [0.05, 0.1) is 19.9 Å². The van der Waals surface area contributed by atoms with Crippen LogP contribution in [-0.4, -0.2) is 43.1 Å². The molecule has 26 heavy (non-hydrogen) atoms. The molecule has 0 spiro atoms. The molecule has 2 heterocycles. The molecule has 6 heteroatoms. The quantitative estimate of drug-likeness (QED) is 0.771. The molecule has 1 aliphatic heterocycles. The molecule has 0 atom stereocenters. The summed E-state index contributed by atoms with van der Waals surface area (Å²) in [6, 6.07) is 9.82. The van der Waals surface area contributed by atoms with Crippen LogP contribution in [0.1, 0.15) is 23.2 Å². The van der Waals surface area contributed by atoms with Crippen LogP contribution in [0.4, 0.5) is 0 Å². The van der Waals surface area contributed by atoms with Crippen LogP contribution in [0.3, 0.4) is 0 Å². The van der Waals surface area contributed by atoms with Crippen molar-refractivity contribution in [3.8, 4) is 11.5 Å². The van der Waals surface area contributed by atoms with E-state index in [0.29, 0.717) is 31.8 Å². The maximum Gasteiger partial charge on any atom is 0.224 e. The number of pyridine rings is 1. The molecule has 1 amide bonds. The normalized spacial score (nSPS) is 13.2. The smallest absolute Gasteiger partial charge is 0.224 e. The molecule has 0 radical (unpaired) electrons. The van der Waals surface area contributed by atoms with Gasteiger partial charge in [-0.2, -0.15) is 0 Å². The van der Waals surface area contributed by atoms with Gasteiger partial charge in [-0.3, -0.25) is 9.78 Å². The second kappa shape index (κ2) is 8.67. The number of nitrogens with zero attached hydrogens (tertiary/aromatic N) is 2. The van der Waals surface area contributed by atoms with Gasteiger partial charge in [-0.15, -0.1) is 0 Å². The lowest BCUT2D eigenvalue weighted by Crippen LogP contribution is -2.37. The molecular formula is C20H25N3O3. The van der Waals surface area contributed by atoms with Gasteiger partial charge in [-0.05, 0) is 41.8 Å². The Morgan fingerprint density at radius 2 is 1.96 bits per heavy atom. The molecule has 1 aromatic carbocycles. The monoisotopic (exact) mass is 355 g/mol. The molecule has 6 nitrogen and oxygen atoms in total. The Labute approximate surface area is 154 Å². The minimum absolute atomic E-state index is 0.166. The van der Waals surface area contributed by atoms with Gasteiger partial charge in [0.25, 0.3) is 0 Å². The predicted octanol–water partition coefficient (Wildman–Crippen LogP) is 2.16. The summed E-state index contributed by atoms with van der Waals surface area (Å²) in [5.74, 6) is 1.61. The number of benzene rings is 1. The topological polar surface area (TPSA) is 63.7 Å². The summed E-state index contributed by atoms with van der Waals surface area (Å²) in [4.78, 5) is 18.7. The molecule has 138 valence electrons. The van der Waals surface area contributed by atoms with Gasteiger partial charge < -0.3 is 19.7 Å². The lowest BCUT2D eigenvalue weighted by atomic mass is 9.98. The first-order chi connectivity index (χ1) is 12.7. The lowest BCUT2D eigenvalue weighted by molar-refractivity contribution is -0.132. The van der Waals surface area contributed by atoms with Gasteiger partial charge in [0.1, 0.15) is 0 Å². The minimum atomic E-state index is 0.166. The molecule has 0 saturated heterocycles. The van der Waals surface area contributed by atoms with E-state index in [1.165, 1.54) is 5.56 Å². The fraction of sp³-hybridized carbons (Fsp3) is 0.400. The van der Waals surface area contributed by atoms with Gasteiger partial charge in [-0.25, -0.2) is 0 Å². The van der Waals surface area contributed by atoms with Crippen molar-refractivity contribution in [2.45, 2.75) is 25.9 Å². The number of methoxy groups -OCH3 is 2. The third kappa shape index (κ3) is 4.32. The molecule has 2 aromatic rings. The van der Waals surface area contributed by atoms with Crippen LogP contribution >= 0.6 is 0 Å². The van der Waals surface area contributed by atoms with Crippen LogP contribution in [0, 0.1) is 0 Å². The third-order valence-electron chi connectivity index (χ3n) is 4.62. The summed E-state index contributed by atoms with van der Waals surface area (Å²) in [5, 5.41) is 3.28. The summed E-state index contributed by atoms with van der Waals surface area (Å²) in [5.41, 5.74) is 3.33. The van der Waals surface area contributed by atoms with Crippen molar-refractivity contribution in [3.63, 3.8) is 0 Å². The summed E-state index contributed by atoms with van der Waals surface area (Å²) in [6.07, 6.45) is 3.09. The number of fused-ring (bicyclic) bond motifs is 1. The van der Waals surface area contributed by atoms with E-state index in [1.54, 1.807) is 20.4 Å². The van der Waals surface area contributed by atoms with E-state index in [-0.39, 0.29) is 5.91 Å². The Morgan fingerprint density at radius 1 is 1.19 bits per heavy atom. The fourth-order valence-corrected chi connectivity index (χ4v) is 3.17. The summed E-state index contributed by atoms with van der Waals surface area (Å²) in [7, 11) is 3.27. The predicted molar refractivity (Wildman–Crippen MR) is 99.2 cm³/mol. The third-order valence-corrected chi connectivity index (χ3v) is 4.62. The summed E-state index contributed by atoms with van der Waals surface area (Å²) >= 11 is 0. The molecule has 1 aliphatic rings. The number of carbonyl (C=O) groups excluding carboxylic acids is 1. The lowest BCUT2D eigenvalue weighted by Gasteiger charge is -2.29. The van der Waals surface area contributed by atoms with E-state index >= 15 is 0 Å². The first-order valence-electron chi connectivity index (χ1n) is 8.83. The molecular weight excluding hydrogens is 330 g/mol. The molecule has 0 aliphatic carbocycles. The first kappa shape index (κ1) is 18.2. The van der Waals surface area contributed by atoms with E-state index in [4.69, 9.17) is 9.47 Å². The van der Waals surface area contributed by atoms with Gasteiger partial charge in [0.15, 0.2) is 11.5 Å². The van der Waals surface area contributed by atoms with Crippen LogP contribution in [0.25, 0.3) is 0 Å². The number of aromatic nitrogens is 1. The Morgan fingerprint density at radius 3 is 2.65 bits per heavy atom. The molecule has 1 N–H and O–H groups in total. The Hall–Kier alpha value is -2.60. The number of carbonyl (C=O) groups is 1. The number of ether oxygens (including phenoxy) is 2. The Kier molecular flexibility index (Phi) is 6.07. The second-order valence-corrected chi connectivity index (χ2v) is 6.29. The number of rotatable bonds is 7. The van der Waals surface area contributed by atoms with Gasteiger partial charge in [-0.1, -0.05) is 6.07 Å². The van der Waals surface area contributed by atoms with Gasteiger partial charge in [0.2, 0.25) is 5.91 Å². The van der Waals surface area contributed by atoms with E-state index in [2.05, 4.69) is 10.3 Å². The highest BCUT2D eigenvalue weighted by Crippen LogP contribution is 2.33. The highest BCUT2D eigenvalue weighted by Gasteiger charge is 2.22. The molecule has 0 unspecified atom stereocenters. The Balaban J connectivity index is 1.52. The van der Waals surface area contributed by atoms with Crippen molar-refractivity contribution in [2.24, 2.45) is 0 Å². The number of amides is 1. The van der Waals surface area contributed by atoms with Crippen molar-refractivity contribution in [2.75, 3.05) is 27.3 Å². The average Bonchev–Trinajstić information content (AvgIpc) is 2.70. The largest absolute Gasteiger partial charge is 0.493 e. The maximum atomic E-state index is 12.5. The van der Waals surface area contributed by atoms with E-state index in [9.17, 15) is 4.79 Å². The molecule has 3 rings (SSSR count). The molecule has 1 aromatic heterocycles. The first-order valence-corrected chi connectivity index (χ1v) is 8.83. The van der Waals surface area contributed by atoms with E-state index in [1.807, 2.05) is 35.2 Å². The summed E-state index contributed by atoms with van der Waals surface area (Å²) in [6.45, 7) is 2.68. The van der Waals surface area contributed by atoms with Crippen molar-refractivity contribution < 1.29 is 14.3 Å². The van der Waals surface area contributed by atoms with Crippen molar-refractivity contribution in [1.29, 1.82) is 0 Å². The molecule has 0 bridgehead atoms. The van der Waals surface area contributed by atoms with E-state index < -0.39 is 0 Å². The minimum Gasteiger partial charge on any atom is -0.493 e. The number of hydrogen-bond acceptors (Lipinski definition) is 5. The highest BCUT2D eigenvalue weighted by atomic mass is 16.5. The Bertz CT molecular complexity index is 749. The fourth-order valence-electron chi connectivity index (χ4n) is 3.17. The van der Waals surface area contributed by atoms with Crippen molar-refractivity contribution in [1.82, 2.24) is 15.2 Å². The zero-order chi connectivity index (χ0) is 18.4. The average molecular weight is 355 g/mol. The van der Waals surface area contributed by atoms with Crippen LogP contribution in [-0.2, 0) is 24.3 Å². The van der Waals surface area contributed by atoms with Crippen molar-refractivity contribution >= 4 is 5.91 Å². The van der Waals surface area contributed by atoms with E-state index in [0.717, 1.165) is 30.0 Å². The zero-order valence-corrected chi connectivity index (χ0v) is 15.3. The standard InChI is InChI=1S/C20H25N3O3/c1-25-18-11-15-7-10-23(14-16(15)12-19(18)26-2)20(24)6-9-21-13-17-5-3-4-8-22-17/h3-5,8,11-12,21H,6-7,9-10,13-14H2,1-2H3. The van der Waals surface area contributed by atoms with Gasteiger partial charge >= 0.3 is 0 Å². The maximum absolute atomic E-state index is 12.5. The number of hydrogen-bond donors (Lipinski definition) is 1. The zero-order valence-electron chi connectivity index (χ0n) is 15.3. The van der Waals surface area contributed by atoms with Crippen LogP contribution in [0.5, 0.6) is 11.5 Å². The SMILES string of the molecule is COc1cc2c(cc1OC)CN(C(=O)CCNCc1ccccn1)CC2. The molecule has 0 saturated carbocycles. The van der Waals surface area contributed by atoms with Crippen LogP contribution in [0.2, 0.25) is 0 Å². The van der Waals surface area contributed by atoms with Gasteiger partial charge in [0, 0.05) is 38.8 Å².